The van der Waals surface area contributed by atoms with Crippen molar-refractivity contribution < 1.29 is 4.79 Å². The van der Waals surface area contributed by atoms with E-state index in [4.69, 9.17) is 5.73 Å². The molecule has 1 unspecified atom stereocenters. The van der Waals surface area contributed by atoms with Crippen LogP contribution in [0.4, 0.5) is 0 Å². The smallest absolute Gasteiger partial charge is 0.277 e. The van der Waals surface area contributed by atoms with E-state index in [0.29, 0.717) is 5.01 Å². The number of rotatable bonds is 2. The van der Waals surface area contributed by atoms with Crippen LogP contribution in [0.1, 0.15) is 40.1 Å². The number of hydrogen-bond donors (Lipinski definition) is 1. The monoisotopic (exact) mass is 210 g/mol. The van der Waals surface area contributed by atoms with Crippen molar-refractivity contribution in [2.75, 3.05) is 0 Å². The molecule has 1 aliphatic rings. The summed E-state index contributed by atoms with van der Waals surface area (Å²) in [6.07, 6.45) is 4.52. The molecule has 0 fully saturated rings. The van der Waals surface area contributed by atoms with E-state index in [1.807, 2.05) is 0 Å². The molecule has 1 atom stereocenters. The minimum atomic E-state index is -0.391. The molecule has 2 N–H and O–H groups in total. The number of thiazole rings is 1. The first-order valence-electron chi connectivity index (χ1n) is 4.99. The van der Waals surface area contributed by atoms with E-state index in [1.54, 1.807) is 0 Å². The molecule has 0 aromatic carbocycles. The van der Waals surface area contributed by atoms with Gasteiger partial charge in [-0.05, 0) is 25.2 Å². The summed E-state index contributed by atoms with van der Waals surface area (Å²) < 4.78 is 0. The van der Waals surface area contributed by atoms with Gasteiger partial charge in [0, 0.05) is 4.88 Å². The molecule has 0 saturated carbocycles. The molecule has 0 spiro atoms. The number of hydrogen-bond acceptors (Lipinski definition) is 3. The summed E-state index contributed by atoms with van der Waals surface area (Å²) in [5.74, 6) is 0.350. The molecular weight excluding hydrogens is 196 g/mol. The highest BCUT2D eigenvalue weighted by Crippen LogP contribution is 2.30. The van der Waals surface area contributed by atoms with Gasteiger partial charge in [-0.2, -0.15) is 0 Å². The van der Waals surface area contributed by atoms with Gasteiger partial charge in [0.25, 0.3) is 5.91 Å². The van der Waals surface area contributed by atoms with E-state index in [0.717, 1.165) is 24.5 Å². The summed E-state index contributed by atoms with van der Waals surface area (Å²) in [4.78, 5) is 16.5. The second-order valence-electron chi connectivity index (χ2n) is 3.77. The number of primary amides is 1. The fraction of sp³-hybridized carbons (Fsp3) is 0.600. The van der Waals surface area contributed by atoms with Gasteiger partial charge in [0.15, 0.2) is 5.01 Å². The summed E-state index contributed by atoms with van der Waals surface area (Å²) in [6.45, 7) is 2.21. The molecule has 2 rings (SSSR count). The second-order valence-corrected chi connectivity index (χ2v) is 4.85. The summed E-state index contributed by atoms with van der Waals surface area (Å²) in [6, 6.07) is 0. The first kappa shape index (κ1) is 9.65. The Kier molecular flexibility index (Phi) is 2.54. The maximum atomic E-state index is 10.9. The first-order chi connectivity index (χ1) is 6.70. The van der Waals surface area contributed by atoms with Crippen LogP contribution in [0.25, 0.3) is 0 Å². The van der Waals surface area contributed by atoms with Crippen molar-refractivity contribution in [1.82, 2.24) is 4.98 Å². The van der Waals surface area contributed by atoms with E-state index in [2.05, 4.69) is 11.9 Å². The van der Waals surface area contributed by atoms with Crippen LogP contribution in [-0.4, -0.2) is 10.9 Å². The van der Waals surface area contributed by atoms with E-state index >= 15 is 0 Å². The van der Waals surface area contributed by atoms with Gasteiger partial charge in [0.05, 0.1) is 5.69 Å². The van der Waals surface area contributed by atoms with Crippen LogP contribution in [0, 0.1) is 5.92 Å². The fourth-order valence-corrected chi connectivity index (χ4v) is 2.86. The molecule has 0 saturated heterocycles. The molecule has 0 aliphatic heterocycles. The fourth-order valence-electron chi connectivity index (χ4n) is 1.90. The standard InChI is InChI=1S/C10H14N2OS/c1-2-6-3-4-8-7(5-6)12-10(14-8)9(11)13/h6H,2-5H2,1H3,(H2,11,13). The summed E-state index contributed by atoms with van der Waals surface area (Å²) >= 11 is 1.47. The van der Waals surface area contributed by atoms with Crippen LogP contribution < -0.4 is 5.73 Å². The van der Waals surface area contributed by atoms with Crippen molar-refractivity contribution in [2.24, 2.45) is 11.7 Å². The topological polar surface area (TPSA) is 56.0 Å². The SMILES string of the molecule is CCC1CCc2sc(C(N)=O)nc2C1. The number of carbonyl (C=O) groups is 1. The highest BCUT2D eigenvalue weighted by molar-refractivity contribution is 7.13. The number of aromatic nitrogens is 1. The Labute approximate surface area is 87.3 Å². The van der Waals surface area contributed by atoms with Gasteiger partial charge in [0.2, 0.25) is 0 Å². The third kappa shape index (κ3) is 1.66. The highest BCUT2D eigenvalue weighted by Gasteiger charge is 2.22. The van der Waals surface area contributed by atoms with Gasteiger partial charge in [-0.15, -0.1) is 11.3 Å². The molecule has 4 heteroatoms. The molecule has 1 amide bonds. The Bertz CT molecular complexity index is 359. The highest BCUT2D eigenvalue weighted by atomic mass is 32.1. The van der Waals surface area contributed by atoms with Crippen molar-refractivity contribution in [2.45, 2.75) is 32.6 Å². The summed E-state index contributed by atoms with van der Waals surface area (Å²) in [5, 5.41) is 0.478. The van der Waals surface area contributed by atoms with Gasteiger partial charge >= 0.3 is 0 Å². The van der Waals surface area contributed by atoms with Crippen molar-refractivity contribution in [1.29, 1.82) is 0 Å². The lowest BCUT2D eigenvalue weighted by Crippen LogP contribution is -2.13. The Morgan fingerprint density at radius 2 is 2.50 bits per heavy atom. The molecular formula is C10H14N2OS. The van der Waals surface area contributed by atoms with Gasteiger partial charge in [-0.3, -0.25) is 4.79 Å². The Hall–Kier alpha value is -0.900. The third-order valence-corrected chi connectivity index (χ3v) is 4.00. The lowest BCUT2D eigenvalue weighted by Gasteiger charge is -2.18. The predicted molar refractivity (Wildman–Crippen MR) is 56.4 cm³/mol. The van der Waals surface area contributed by atoms with Gasteiger partial charge in [-0.1, -0.05) is 13.3 Å². The molecule has 1 heterocycles. The zero-order valence-corrected chi connectivity index (χ0v) is 9.06. The van der Waals surface area contributed by atoms with Crippen molar-refractivity contribution in [3.05, 3.63) is 15.6 Å². The lowest BCUT2D eigenvalue weighted by molar-refractivity contribution is 0.0999. The normalized spacial score (nSPS) is 20.5. The molecule has 1 aromatic heterocycles. The maximum Gasteiger partial charge on any atom is 0.277 e. The van der Waals surface area contributed by atoms with Crippen LogP contribution >= 0.6 is 11.3 Å². The largest absolute Gasteiger partial charge is 0.364 e. The van der Waals surface area contributed by atoms with Crippen LogP contribution in [0.3, 0.4) is 0 Å². The Morgan fingerprint density at radius 1 is 1.71 bits per heavy atom. The molecule has 3 nitrogen and oxygen atoms in total. The van der Waals surface area contributed by atoms with E-state index in [9.17, 15) is 4.79 Å². The molecule has 0 radical (unpaired) electrons. The first-order valence-corrected chi connectivity index (χ1v) is 5.80. The summed E-state index contributed by atoms with van der Waals surface area (Å²) in [7, 11) is 0. The molecule has 0 bridgehead atoms. The number of amides is 1. The van der Waals surface area contributed by atoms with Gasteiger partial charge in [-0.25, -0.2) is 4.98 Å². The third-order valence-electron chi connectivity index (χ3n) is 2.83. The van der Waals surface area contributed by atoms with E-state index in [1.165, 1.54) is 29.1 Å². The van der Waals surface area contributed by atoms with Crippen molar-refractivity contribution >= 4 is 17.2 Å². The average Bonchev–Trinajstić information content (AvgIpc) is 2.59. The average molecular weight is 210 g/mol. The van der Waals surface area contributed by atoms with Gasteiger partial charge in [0.1, 0.15) is 0 Å². The number of carbonyl (C=O) groups excluding carboxylic acids is 1. The number of fused-ring (bicyclic) bond motifs is 1. The minimum absolute atomic E-state index is 0.391. The molecule has 76 valence electrons. The van der Waals surface area contributed by atoms with Gasteiger partial charge < -0.3 is 5.73 Å². The number of aryl methyl sites for hydroxylation is 1. The van der Waals surface area contributed by atoms with E-state index in [-0.39, 0.29) is 0 Å². The Morgan fingerprint density at radius 3 is 3.14 bits per heavy atom. The zero-order chi connectivity index (χ0) is 10.1. The minimum Gasteiger partial charge on any atom is -0.364 e. The van der Waals surface area contributed by atoms with Crippen molar-refractivity contribution in [3.8, 4) is 0 Å². The molecule has 1 aliphatic carbocycles. The van der Waals surface area contributed by atoms with Crippen LogP contribution in [0.2, 0.25) is 0 Å². The number of nitrogens with zero attached hydrogens (tertiary/aromatic N) is 1. The quantitative estimate of drug-likeness (QED) is 0.808. The predicted octanol–water partition coefficient (Wildman–Crippen LogP) is 1.76. The van der Waals surface area contributed by atoms with Crippen molar-refractivity contribution in [3.63, 3.8) is 0 Å². The van der Waals surface area contributed by atoms with Crippen LogP contribution in [0.5, 0.6) is 0 Å². The lowest BCUT2D eigenvalue weighted by atomic mass is 9.89. The Balaban J connectivity index is 2.25. The number of nitrogens with two attached hydrogens (primary N) is 1. The molecule has 14 heavy (non-hydrogen) atoms. The maximum absolute atomic E-state index is 10.9. The zero-order valence-electron chi connectivity index (χ0n) is 8.25. The molecule has 1 aromatic rings. The van der Waals surface area contributed by atoms with E-state index < -0.39 is 5.91 Å². The second kappa shape index (κ2) is 3.69. The van der Waals surface area contributed by atoms with Crippen LogP contribution in [-0.2, 0) is 12.8 Å². The summed E-state index contributed by atoms with van der Waals surface area (Å²) in [5.41, 5.74) is 6.31. The van der Waals surface area contributed by atoms with Crippen LogP contribution in [0.15, 0.2) is 0 Å².